The number of amidine groups is 1. The fourth-order valence-electron chi connectivity index (χ4n) is 3.92. The number of thioether (sulfide) groups is 1. The summed E-state index contributed by atoms with van der Waals surface area (Å²) in [5.41, 5.74) is 1.73. The number of aliphatic imine (C=N–C) groups is 1. The predicted molar refractivity (Wildman–Crippen MR) is 127 cm³/mol. The highest BCUT2D eigenvalue weighted by Crippen LogP contribution is 2.39. The third-order valence-corrected chi connectivity index (χ3v) is 8.96. The molecule has 170 valence electrons. The van der Waals surface area contributed by atoms with Crippen LogP contribution in [-0.4, -0.2) is 61.4 Å². The first-order chi connectivity index (χ1) is 15.3. The molecule has 32 heavy (non-hydrogen) atoms. The molecule has 2 aliphatic rings. The Bertz CT molecular complexity index is 1150. The molecular formula is C22H23ClN2O5S2. The second-order valence-electron chi connectivity index (χ2n) is 7.71. The number of fused-ring (bicyclic) bond motifs is 1. The van der Waals surface area contributed by atoms with Crippen LogP contribution in [0.25, 0.3) is 0 Å². The van der Waals surface area contributed by atoms with Gasteiger partial charge < -0.3 is 14.4 Å². The van der Waals surface area contributed by atoms with E-state index in [9.17, 15) is 13.2 Å². The van der Waals surface area contributed by atoms with Crippen molar-refractivity contribution in [1.82, 2.24) is 4.90 Å². The number of methoxy groups -OCH3 is 2. The zero-order chi connectivity index (χ0) is 22.9. The quantitative estimate of drug-likeness (QED) is 0.609. The normalized spacial score (nSPS) is 22.7. The van der Waals surface area contributed by atoms with E-state index in [0.717, 1.165) is 11.1 Å². The number of carbonyl (C=O) groups is 1. The van der Waals surface area contributed by atoms with Gasteiger partial charge in [-0.15, -0.1) is 0 Å². The van der Waals surface area contributed by atoms with E-state index in [4.69, 9.17) is 21.1 Å². The van der Waals surface area contributed by atoms with Crippen LogP contribution >= 0.6 is 23.4 Å². The Balaban J connectivity index is 1.56. The zero-order valence-corrected chi connectivity index (χ0v) is 20.0. The molecule has 0 radical (unpaired) electrons. The number of halogens is 1. The number of carbonyl (C=O) groups excluding carboxylic acids is 1. The highest BCUT2D eigenvalue weighted by atomic mass is 35.5. The molecule has 2 fully saturated rings. The smallest absolute Gasteiger partial charge is 0.252 e. The summed E-state index contributed by atoms with van der Waals surface area (Å²) >= 11 is 7.36. The van der Waals surface area contributed by atoms with Gasteiger partial charge in [-0.1, -0.05) is 41.6 Å². The van der Waals surface area contributed by atoms with Gasteiger partial charge in [0.1, 0.15) is 0 Å². The molecule has 0 unspecified atom stereocenters. The number of sulfone groups is 1. The van der Waals surface area contributed by atoms with Crippen LogP contribution in [0.3, 0.4) is 0 Å². The number of benzene rings is 2. The fourth-order valence-corrected chi connectivity index (χ4v) is 8.01. The lowest BCUT2D eigenvalue weighted by Gasteiger charge is -2.24. The molecule has 7 nitrogen and oxygen atoms in total. The summed E-state index contributed by atoms with van der Waals surface area (Å²) in [6.07, 6.45) is 0.104. The summed E-state index contributed by atoms with van der Waals surface area (Å²) in [6, 6.07) is 12.5. The molecule has 4 rings (SSSR count). The molecule has 2 heterocycles. The first-order valence-electron chi connectivity index (χ1n) is 9.98. The maximum absolute atomic E-state index is 12.8. The molecule has 10 heteroatoms. The van der Waals surface area contributed by atoms with E-state index < -0.39 is 9.84 Å². The van der Waals surface area contributed by atoms with Crippen LogP contribution in [0.1, 0.15) is 11.1 Å². The Kier molecular flexibility index (Phi) is 6.69. The van der Waals surface area contributed by atoms with Gasteiger partial charge in [0, 0.05) is 16.8 Å². The third kappa shape index (κ3) is 5.05. The van der Waals surface area contributed by atoms with E-state index in [1.807, 2.05) is 17.0 Å². The van der Waals surface area contributed by atoms with Crippen LogP contribution in [0.2, 0.25) is 5.02 Å². The minimum absolute atomic E-state index is 0.0706. The summed E-state index contributed by atoms with van der Waals surface area (Å²) in [5.74, 6) is 1.00. The van der Waals surface area contributed by atoms with Crippen LogP contribution in [-0.2, 0) is 27.6 Å². The van der Waals surface area contributed by atoms with E-state index in [1.165, 1.54) is 11.8 Å². The summed E-state index contributed by atoms with van der Waals surface area (Å²) in [6.45, 7) is 0.462. The summed E-state index contributed by atoms with van der Waals surface area (Å²) in [7, 11) is -0.00565. The molecule has 2 atom stereocenters. The molecule has 0 aliphatic carbocycles. The number of hydrogen-bond donors (Lipinski definition) is 0. The van der Waals surface area contributed by atoms with Crippen molar-refractivity contribution >= 4 is 44.3 Å². The topological polar surface area (TPSA) is 85.3 Å². The maximum atomic E-state index is 12.8. The highest BCUT2D eigenvalue weighted by molar-refractivity contribution is 8.15. The Morgan fingerprint density at radius 3 is 2.47 bits per heavy atom. The second-order valence-corrected chi connectivity index (χ2v) is 11.5. The van der Waals surface area contributed by atoms with E-state index in [0.29, 0.717) is 28.2 Å². The number of hydrogen-bond acceptors (Lipinski definition) is 6. The van der Waals surface area contributed by atoms with Crippen molar-refractivity contribution in [1.29, 1.82) is 0 Å². The SMILES string of the molecule is COc1ccc(CC(=O)N=C2S[C@H]3CS(=O)(=O)C[C@@H]3N2Cc2ccc(Cl)cc2)cc1OC. The maximum Gasteiger partial charge on any atom is 0.252 e. The van der Waals surface area contributed by atoms with Crippen molar-refractivity contribution < 1.29 is 22.7 Å². The van der Waals surface area contributed by atoms with Crippen molar-refractivity contribution in [2.75, 3.05) is 25.7 Å². The van der Waals surface area contributed by atoms with Crippen LogP contribution < -0.4 is 9.47 Å². The van der Waals surface area contributed by atoms with Crippen molar-refractivity contribution in [3.63, 3.8) is 0 Å². The van der Waals surface area contributed by atoms with E-state index in [2.05, 4.69) is 4.99 Å². The predicted octanol–water partition coefficient (Wildman–Crippen LogP) is 3.20. The zero-order valence-electron chi connectivity index (χ0n) is 17.7. The molecule has 0 aromatic heterocycles. The van der Waals surface area contributed by atoms with Gasteiger partial charge in [0.15, 0.2) is 26.5 Å². The van der Waals surface area contributed by atoms with Crippen molar-refractivity contribution in [2.24, 2.45) is 4.99 Å². The largest absolute Gasteiger partial charge is 0.493 e. The number of ether oxygens (including phenoxy) is 2. The third-order valence-electron chi connectivity index (χ3n) is 5.46. The van der Waals surface area contributed by atoms with Crippen LogP contribution in [0.5, 0.6) is 11.5 Å². The van der Waals surface area contributed by atoms with E-state index in [1.54, 1.807) is 44.6 Å². The Morgan fingerprint density at radius 1 is 1.09 bits per heavy atom. The van der Waals surface area contributed by atoms with Crippen LogP contribution in [0, 0.1) is 0 Å². The molecule has 2 saturated heterocycles. The Labute approximate surface area is 196 Å². The van der Waals surface area contributed by atoms with Gasteiger partial charge in [-0.3, -0.25) is 4.79 Å². The van der Waals surface area contributed by atoms with Gasteiger partial charge in [-0.2, -0.15) is 4.99 Å². The van der Waals surface area contributed by atoms with Crippen molar-refractivity contribution in [2.45, 2.75) is 24.3 Å². The number of nitrogens with zero attached hydrogens (tertiary/aromatic N) is 2. The molecule has 2 aromatic rings. The Morgan fingerprint density at radius 2 is 1.78 bits per heavy atom. The van der Waals surface area contributed by atoms with Gasteiger partial charge in [0.05, 0.1) is 38.2 Å². The van der Waals surface area contributed by atoms with Gasteiger partial charge >= 0.3 is 0 Å². The first-order valence-corrected chi connectivity index (χ1v) is 13.1. The fraction of sp³-hybridized carbons (Fsp3) is 0.364. The lowest BCUT2D eigenvalue weighted by atomic mass is 10.1. The van der Waals surface area contributed by atoms with Crippen molar-refractivity contribution in [3.05, 3.63) is 58.6 Å². The molecule has 0 N–H and O–H groups in total. The summed E-state index contributed by atoms with van der Waals surface area (Å²) < 4.78 is 34.9. The minimum atomic E-state index is -3.10. The lowest BCUT2D eigenvalue weighted by molar-refractivity contribution is -0.117. The summed E-state index contributed by atoms with van der Waals surface area (Å²) in [4.78, 5) is 19.1. The Hall–Kier alpha value is -2.23. The molecule has 2 aromatic carbocycles. The first kappa shape index (κ1) is 22.9. The highest BCUT2D eigenvalue weighted by Gasteiger charge is 2.48. The lowest BCUT2D eigenvalue weighted by Crippen LogP contribution is -2.37. The van der Waals surface area contributed by atoms with Gasteiger partial charge in [0.25, 0.3) is 5.91 Å². The van der Waals surface area contributed by atoms with Crippen molar-refractivity contribution in [3.8, 4) is 11.5 Å². The van der Waals surface area contributed by atoms with Gasteiger partial charge in [-0.25, -0.2) is 8.42 Å². The summed E-state index contributed by atoms with van der Waals surface area (Å²) in [5, 5.41) is 1.07. The minimum Gasteiger partial charge on any atom is -0.493 e. The molecular weight excluding hydrogens is 472 g/mol. The number of amides is 1. The molecule has 0 bridgehead atoms. The van der Waals surface area contributed by atoms with Gasteiger partial charge in [0.2, 0.25) is 0 Å². The van der Waals surface area contributed by atoms with E-state index >= 15 is 0 Å². The van der Waals surface area contributed by atoms with Crippen LogP contribution in [0.4, 0.5) is 0 Å². The number of rotatable bonds is 6. The molecule has 2 aliphatic heterocycles. The van der Waals surface area contributed by atoms with Crippen LogP contribution in [0.15, 0.2) is 47.5 Å². The average molecular weight is 495 g/mol. The van der Waals surface area contributed by atoms with E-state index in [-0.39, 0.29) is 35.1 Å². The monoisotopic (exact) mass is 494 g/mol. The second kappa shape index (κ2) is 9.33. The molecule has 0 spiro atoms. The average Bonchev–Trinajstić information content (AvgIpc) is 3.21. The molecule has 0 saturated carbocycles. The van der Waals surface area contributed by atoms with Gasteiger partial charge in [-0.05, 0) is 35.4 Å². The standard InChI is InChI=1S/C22H23ClN2O5S2/c1-29-18-8-5-15(9-19(18)30-2)10-21(26)24-22-25(11-14-3-6-16(23)7-4-14)17-12-32(27,28)13-20(17)31-22/h3-9,17,20H,10-13H2,1-2H3/t17-,20-/m0/s1. The molecule has 1 amide bonds.